The highest BCUT2D eigenvalue weighted by Crippen LogP contribution is 2.29. The molecule has 0 aromatic carbocycles. The van der Waals surface area contributed by atoms with Crippen molar-refractivity contribution in [3.05, 3.63) is 35.9 Å². The number of piperidine rings is 1. The zero-order chi connectivity index (χ0) is 13.2. The van der Waals surface area contributed by atoms with E-state index in [1.165, 1.54) is 12.3 Å². The van der Waals surface area contributed by atoms with Crippen LogP contribution in [0.5, 0.6) is 0 Å². The van der Waals surface area contributed by atoms with E-state index in [0.717, 1.165) is 37.4 Å². The van der Waals surface area contributed by atoms with E-state index in [-0.39, 0.29) is 5.82 Å². The van der Waals surface area contributed by atoms with E-state index < -0.39 is 0 Å². The smallest absolute Gasteiger partial charge is 0.145 e. The summed E-state index contributed by atoms with van der Waals surface area (Å²) >= 11 is 0. The van der Waals surface area contributed by atoms with Crippen molar-refractivity contribution in [1.29, 1.82) is 0 Å². The molecule has 0 aliphatic carbocycles. The Bertz CT molecular complexity index is 542. The fourth-order valence-electron chi connectivity index (χ4n) is 2.54. The highest BCUT2D eigenvalue weighted by atomic mass is 19.1. The van der Waals surface area contributed by atoms with E-state index in [4.69, 9.17) is 5.73 Å². The lowest BCUT2D eigenvalue weighted by Crippen LogP contribution is -2.33. The number of nitrogen functional groups attached to an aromatic ring is 1. The molecule has 100 valence electrons. The molecule has 1 aliphatic heterocycles. The standard InChI is InChI=1S/C13H16FN5/c14-10-1-2-13(16-8-10)19-5-3-9(4-6-19)11-7-12(15)18-17-11/h1-2,7-9H,3-6H2,(H3,15,17,18). The molecule has 0 unspecified atom stereocenters. The minimum atomic E-state index is -0.299. The zero-order valence-electron chi connectivity index (χ0n) is 10.5. The van der Waals surface area contributed by atoms with Crippen LogP contribution >= 0.6 is 0 Å². The van der Waals surface area contributed by atoms with Crippen molar-refractivity contribution < 1.29 is 4.39 Å². The third kappa shape index (κ3) is 2.52. The summed E-state index contributed by atoms with van der Waals surface area (Å²) in [7, 11) is 0. The van der Waals surface area contributed by atoms with Crippen molar-refractivity contribution in [2.24, 2.45) is 0 Å². The van der Waals surface area contributed by atoms with Crippen LogP contribution < -0.4 is 10.6 Å². The number of halogens is 1. The molecule has 3 rings (SSSR count). The van der Waals surface area contributed by atoms with Gasteiger partial charge >= 0.3 is 0 Å². The summed E-state index contributed by atoms with van der Waals surface area (Å²) in [5.41, 5.74) is 6.72. The van der Waals surface area contributed by atoms with Gasteiger partial charge in [-0.15, -0.1) is 0 Å². The number of H-pyrrole nitrogens is 1. The van der Waals surface area contributed by atoms with Gasteiger partial charge in [0.25, 0.3) is 0 Å². The summed E-state index contributed by atoms with van der Waals surface area (Å²) in [5, 5.41) is 6.94. The summed E-state index contributed by atoms with van der Waals surface area (Å²) in [5.74, 6) is 1.54. The lowest BCUT2D eigenvalue weighted by atomic mass is 9.93. The topological polar surface area (TPSA) is 70.8 Å². The van der Waals surface area contributed by atoms with Gasteiger partial charge in [-0.2, -0.15) is 5.10 Å². The number of nitrogens with two attached hydrogens (primary N) is 1. The Hall–Kier alpha value is -2.11. The van der Waals surface area contributed by atoms with Crippen LogP contribution in [0.4, 0.5) is 16.0 Å². The molecule has 0 radical (unpaired) electrons. The van der Waals surface area contributed by atoms with Crippen molar-refractivity contribution in [2.45, 2.75) is 18.8 Å². The third-order valence-corrected chi connectivity index (χ3v) is 3.59. The molecule has 0 saturated carbocycles. The molecule has 2 aromatic rings. The fraction of sp³-hybridized carbons (Fsp3) is 0.385. The minimum absolute atomic E-state index is 0.299. The molecular formula is C13H16FN5. The normalized spacial score (nSPS) is 16.8. The molecule has 2 aromatic heterocycles. The summed E-state index contributed by atoms with van der Waals surface area (Å²) < 4.78 is 12.8. The summed E-state index contributed by atoms with van der Waals surface area (Å²) in [4.78, 5) is 6.29. The molecule has 0 bridgehead atoms. The second kappa shape index (κ2) is 4.87. The maximum Gasteiger partial charge on any atom is 0.145 e. The third-order valence-electron chi connectivity index (χ3n) is 3.59. The molecule has 0 amide bonds. The number of pyridine rings is 1. The SMILES string of the molecule is Nc1cc(C2CCN(c3ccc(F)cn3)CC2)[nH]n1. The molecular weight excluding hydrogens is 245 g/mol. The van der Waals surface area contributed by atoms with Crippen LogP contribution in [-0.2, 0) is 0 Å². The Morgan fingerprint density at radius 3 is 2.68 bits per heavy atom. The first kappa shape index (κ1) is 12.0. The first-order chi connectivity index (χ1) is 9.22. The summed E-state index contributed by atoms with van der Waals surface area (Å²) in [6.07, 6.45) is 3.29. The van der Waals surface area contributed by atoms with Gasteiger partial charge in [0, 0.05) is 30.8 Å². The Morgan fingerprint density at radius 2 is 2.11 bits per heavy atom. The van der Waals surface area contributed by atoms with Crippen LogP contribution in [0.3, 0.4) is 0 Å². The maximum absolute atomic E-state index is 12.8. The van der Waals surface area contributed by atoms with Crippen LogP contribution in [-0.4, -0.2) is 28.3 Å². The number of nitrogens with zero attached hydrogens (tertiary/aromatic N) is 3. The van der Waals surface area contributed by atoms with Gasteiger partial charge in [0.2, 0.25) is 0 Å². The van der Waals surface area contributed by atoms with Gasteiger partial charge in [0.15, 0.2) is 0 Å². The zero-order valence-corrected chi connectivity index (χ0v) is 10.5. The molecule has 3 N–H and O–H groups in total. The number of nitrogens with one attached hydrogen (secondary N) is 1. The van der Waals surface area contributed by atoms with Gasteiger partial charge in [-0.3, -0.25) is 5.10 Å². The molecule has 5 nitrogen and oxygen atoms in total. The van der Waals surface area contributed by atoms with Gasteiger partial charge in [-0.1, -0.05) is 0 Å². The first-order valence-corrected chi connectivity index (χ1v) is 6.39. The van der Waals surface area contributed by atoms with Crippen molar-refractivity contribution in [3.63, 3.8) is 0 Å². The number of aromatic nitrogens is 3. The predicted molar refractivity (Wildman–Crippen MR) is 71.4 cm³/mol. The Labute approximate surface area is 110 Å². The average molecular weight is 261 g/mol. The monoisotopic (exact) mass is 261 g/mol. The number of anilines is 2. The lowest BCUT2D eigenvalue weighted by molar-refractivity contribution is 0.492. The number of rotatable bonds is 2. The molecule has 3 heterocycles. The molecule has 1 fully saturated rings. The maximum atomic E-state index is 12.8. The van der Waals surface area contributed by atoms with Gasteiger partial charge in [0.1, 0.15) is 17.5 Å². The largest absolute Gasteiger partial charge is 0.382 e. The van der Waals surface area contributed by atoms with Crippen LogP contribution in [0, 0.1) is 5.82 Å². The summed E-state index contributed by atoms with van der Waals surface area (Å²) in [6.45, 7) is 1.81. The van der Waals surface area contributed by atoms with E-state index >= 15 is 0 Å². The summed E-state index contributed by atoms with van der Waals surface area (Å²) in [6, 6.07) is 5.07. The quantitative estimate of drug-likeness (QED) is 0.866. The Kier molecular flexibility index (Phi) is 3.06. The Morgan fingerprint density at radius 1 is 1.32 bits per heavy atom. The minimum Gasteiger partial charge on any atom is -0.382 e. The van der Waals surface area contributed by atoms with Crippen LogP contribution in [0.15, 0.2) is 24.4 Å². The van der Waals surface area contributed by atoms with Gasteiger partial charge in [-0.25, -0.2) is 9.37 Å². The Balaban J connectivity index is 1.64. The first-order valence-electron chi connectivity index (χ1n) is 6.39. The molecule has 0 atom stereocenters. The van der Waals surface area contributed by atoms with E-state index in [9.17, 15) is 4.39 Å². The molecule has 19 heavy (non-hydrogen) atoms. The van der Waals surface area contributed by atoms with Gasteiger partial charge < -0.3 is 10.6 Å². The van der Waals surface area contributed by atoms with Crippen LogP contribution in [0.1, 0.15) is 24.5 Å². The second-order valence-corrected chi connectivity index (χ2v) is 4.84. The molecule has 1 aliphatic rings. The average Bonchev–Trinajstić information content (AvgIpc) is 2.87. The van der Waals surface area contributed by atoms with E-state index in [0.29, 0.717) is 11.7 Å². The molecule has 6 heteroatoms. The van der Waals surface area contributed by atoms with Crippen molar-refractivity contribution in [1.82, 2.24) is 15.2 Å². The number of aromatic amines is 1. The number of hydrogen-bond acceptors (Lipinski definition) is 4. The van der Waals surface area contributed by atoms with Gasteiger partial charge in [0.05, 0.1) is 6.20 Å². The van der Waals surface area contributed by atoms with E-state index in [1.54, 1.807) is 6.07 Å². The number of hydrogen-bond donors (Lipinski definition) is 2. The van der Waals surface area contributed by atoms with Crippen LogP contribution in [0.2, 0.25) is 0 Å². The van der Waals surface area contributed by atoms with E-state index in [2.05, 4.69) is 20.1 Å². The van der Waals surface area contributed by atoms with Crippen molar-refractivity contribution in [2.75, 3.05) is 23.7 Å². The molecule has 0 spiro atoms. The van der Waals surface area contributed by atoms with E-state index in [1.807, 2.05) is 6.07 Å². The predicted octanol–water partition coefficient (Wildman–Crippen LogP) is 1.91. The highest BCUT2D eigenvalue weighted by molar-refractivity contribution is 5.39. The highest BCUT2D eigenvalue weighted by Gasteiger charge is 2.22. The van der Waals surface area contributed by atoms with Gasteiger partial charge in [-0.05, 0) is 25.0 Å². The lowest BCUT2D eigenvalue weighted by Gasteiger charge is -2.32. The van der Waals surface area contributed by atoms with Crippen molar-refractivity contribution >= 4 is 11.6 Å². The second-order valence-electron chi connectivity index (χ2n) is 4.84. The fourth-order valence-corrected chi connectivity index (χ4v) is 2.54. The van der Waals surface area contributed by atoms with Crippen molar-refractivity contribution in [3.8, 4) is 0 Å². The van der Waals surface area contributed by atoms with Crippen LogP contribution in [0.25, 0.3) is 0 Å². The molecule has 1 saturated heterocycles.